The maximum absolute atomic E-state index is 12.9. The van der Waals surface area contributed by atoms with Crippen LogP contribution >= 0.6 is 0 Å². The van der Waals surface area contributed by atoms with Crippen LogP contribution in [0.4, 0.5) is 13.2 Å². The van der Waals surface area contributed by atoms with Crippen LogP contribution < -0.4 is 11.2 Å². The molecule has 3 N–H and O–H groups in total. The number of nitrogens with zero attached hydrogens (tertiary/aromatic N) is 2. The summed E-state index contributed by atoms with van der Waals surface area (Å²) >= 11 is 0. The van der Waals surface area contributed by atoms with E-state index in [9.17, 15) is 27.9 Å². The van der Waals surface area contributed by atoms with Crippen molar-refractivity contribution in [2.45, 2.75) is 31.0 Å². The fraction of sp³-hybridized carbons (Fsp3) is 0.312. The molecular weight excluding hydrogens is 339 g/mol. The van der Waals surface area contributed by atoms with Crippen molar-refractivity contribution in [3.05, 3.63) is 57.5 Å². The molecule has 6 nitrogen and oxygen atoms in total. The van der Waals surface area contributed by atoms with Gasteiger partial charge in [0.2, 0.25) is 0 Å². The van der Waals surface area contributed by atoms with E-state index in [0.717, 1.165) is 18.3 Å². The molecule has 3 rings (SSSR count). The first kappa shape index (κ1) is 17.0. The molecule has 1 aliphatic rings. The average Bonchev–Trinajstić information content (AvgIpc) is 3.30. The van der Waals surface area contributed by atoms with Gasteiger partial charge in [0.05, 0.1) is 18.3 Å². The second-order valence-corrected chi connectivity index (χ2v) is 6.11. The number of carbonyl (C=O) groups is 1. The molecule has 0 radical (unpaired) electrons. The Hall–Kier alpha value is -2.84. The minimum atomic E-state index is -4.45. The molecule has 0 bridgehead atoms. The van der Waals surface area contributed by atoms with Crippen molar-refractivity contribution in [3.63, 3.8) is 0 Å². The van der Waals surface area contributed by atoms with Gasteiger partial charge in [0.25, 0.3) is 11.3 Å². The third-order valence-corrected chi connectivity index (χ3v) is 4.30. The third-order valence-electron chi connectivity index (χ3n) is 4.30. The number of amides is 1. The van der Waals surface area contributed by atoms with Gasteiger partial charge in [0.15, 0.2) is 11.4 Å². The number of halogens is 3. The number of carbonyl (C=O) groups excluding carboxylic acids is 1. The van der Waals surface area contributed by atoms with Gasteiger partial charge in [0.1, 0.15) is 0 Å². The summed E-state index contributed by atoms with van der Waals surface area (Å²) in [6, 6.07) is 5.02. The Bertz CT molecular complexity index is 901. The first-order valence-electron chi connectivity index (χ1n) is 7.41. The van der Waals surface area contributed by atoms with E-state index in [1.807, 2.05) is 0 Å². The molecule has 0 spiro atoms. The Morgan fingerprint density at radius 1 is 1.36 bits per heavy atom. The van der Waals surface area contributed by atoms with E-state index in [1.54, 1.807) is 6.07 Å². The lowest BCUT2D eigenvalue weighted by Crippen LogP contribution is -2.28. The standard InChI is InChI=1S/C16H14F3N3O3/c17-16(18,19)10-3-1-2-9(6-10)15(4-5-15)8-22-7-11(23)13(24)12(21-22)14(20)25/h1-3,6-7,23H,4-5,8H2,(H2,20,25). The van der Waals surface area contributed by atoms with E-state index < -0.39 is 39.9 Å². The minimum absolute atomic E-state index is 0.114. The van der Waals surface area contributed by atoms with Gasteiger partial charge in [-0.05, 0) is 24.5 Å². The van der Waals surface area contributed by atoms with E-state index in [1.165, 1.54) is 10.7 Å². The zero-order valence-electron chi connectivity index (χ0n) is 12.9. The number of hydrogen-bond acceptors (Lipinski definition) is 4. The van der Waals surface area contributed by atoms with Gasteiger partial charge in [-0.25, -0.2) is 0 Å². The van der Waals surface area contributed by atoms with Crippen molar-refractivity contribution in [1.29, 1.82) is 0 Å². The lowest BCUT2D eigenvalue weighted by Gasteiger charge is -2.19. The van der Waals surface area contributed by atoms with Crippen LogP contribution in [-0.4, -0.2) is 20.8 Å². The predicted molar refractivity (Wildman–Crippen MR) is 81.0 cm³/mol. The van der Waals surface area contributed by atoms with Crippen molar-refractivity contribution >= 4 is 5.91 Å². The molecule has 0 unspecified atom stereocenters. The largest absolute Gasteiger partial charge is 0.503 e. The maximum atomic E-state index is 12.9. The van der Waals surface area contributed by atoms with E-state index in [-0.39, 0.29) is 6.54 Å². The van der Waals surface area contributed by atoms with Crippen molar-refractivity contribution in [1.82, 2.24) is 9.78 Å². The Morgan fingerprint density at radius 2 is 2.04 bits per heavy atom. The highest BCUT2D eigenvalue weighted by atomic mass is 19.4. The zero-order valence-corrected chi connectivity index (χ0v) is 12.9. The summed E-state index contributed by atoms with van der Waals surface area (Å²) in [6.45, 7) is 0.114. The number of aromatic hydroxyl groups is 1. The summed E-state index contributed by atoms with van der Waals surface area (Å²) in [7, 11) is 0. The highest BCUT2D eigenvalue weighted by Gasteiger charge is 2.46. The fourth-order valence-corrected chi connectivity index (χ4v) is 2.79. The summed E-state index contributed by atoms with van der Waals surface area (Å²) < 4.78 is 39.9. The average molecular weight is 353 g/mol. The van der Waals surface area contributed by atoms with Crippen LogP contribution in [0.3, 0.4) is 0 Å². The second-order valence-electron chi connectivity index (χ2n) is 6.11. The highest BCUT2D eigenvalue weighted by Crippen LogP contribution is 2.50. The number of primary amides is 1. The summed E-state index contributed by atoms with van der Waals surface area (Å²) in [6.07, 6.45) is -2.16. The van der Waals surface area contributed by atoms with Crippen LogP contribution in [0.25, 0.3) is 0 Å². The quantitative estimate of drug-likeness (QED) is 0.876. The van der Waals surface area contributed by atoms with Crippen LogP contribution in [0, 0.1) is 0 Å². The molecule has 1 amide bonds. The Morgan fingerprint density at radius 3 is 2.60 bits per heavy atom. The van der Waals surface area contributed by atoms with Gasteiger partial charge in [-0.2, -0.15) is 18.3 Å². The zero-order chi connectivity index (χ0) is 18.4. The van der Waals surface area contributed by atoms with E-state index in [0.29, 0.717) is 18.4 Å². The molecule has 0 aliphatic heterocycles. The van der Waals surface area contributed by atoms with Crippen molar-refractivity contribution in [3.8, 4) is 5.75 Å². The third kappa shape index (κ3) is 3.21. The Labute approximate surface area is 139 Å². The monoisotopic (exact) mass is 353 g/mol. The van der Waals surface area contributed by atoms with E-state index in [4.69, 9.17) is 5.73 Å². The van der Waals surface area contributed by atoms with Gasteiger partial charge in [-0.15, -0.1) is 0 Å². The first-order valence-corrected chi connectivity index (χ1v) is 7.41. The van der Waals surface area contributed by atoms with Gasteiger partial charge in [0, 0.05) is 5.41 Å². The van der Waals surface area contributed by atoms with Crippen molar-refractivity contribution < 1.29 is 23.1 Å². The number of aromatic nitrogens is 2. The van der Waals surface area contributed by atoms with E-state index in [2.05, 4.69) is 5.10 Å². The van der Waals surface area contributed by atoms with Crippen LogP contribution in [0.1, 0.15) is 34.5 Å². The summed E-state index contributed by atoms with van der Waals surface area (Å²) in [5, 5.41) is 13.4. The minimum Gasteiger partial charge on any atom is -0.503 e. The van der Waals surface area contributed by atoms with Gasteiger partial charge >= 0.3 is 6.18 Å². The predicted octanol–water partition coefficient (Wildman–Crippen LogP) is 1.80. The Balaban J connectivity index is 1.96. The van der Waals surface area contributed by atoms with Crippen LogP contribution in [0.5, 0.6) is 5.75 Å². The molecule has 9 heteroatoms. The van der Waals surface area contributed by atoms with E-state index >= 15 is 0 Å². The molecule has 132 valence electrons. The molecule has 1 fully saturated rings. The molecular formula is C16H14F3N3O3. The molecule has 25 heavy (non-hydrogen) atoms. The lowest BCUT2D eigenvalue weighted by molar-refractivity contribution is -0.137. The Kier molecular flexibility index (Phi) is 3.81. The molecule has 2 aromatic rings. The SMILES string of the molecule is NC(=O)c1nn(CC2(c3cccc(C(F)(F)F)c3)CC2)cc(O)c1=O. The number of hydrogen-bond donors (Lipinski definition) is 2. The van der Waals surface area contributed by atoms with Gasteiger partial charge < -0.3 is 10.8 Å². The number of benzene rings is 1. The molecule has 0 atom stereocenters. The molecule has 0 saturated heterocycles. The molecule has 1 aromatic carbocycles. The topological polar surface area (TPSA) is 98.2 Å². The summed E-state index contributed by atoms with van der Waals surface area (Å²) in [4.78, 5) is 22.9. The van der Waals surface area contributed by atoms with Crippen LogP contribution in [0.2, 0.25) is 0 Å². The number of nitrogens with two attached hydrogens (primary N) is 1. The smallest absolute Gasteiger partial charge is 0.416 e. The fourth-order valence-electron chi connectivity index (χ4n) is 2.79. The number of alkyl halides is 3. The molecule has 1 saturated carbocycles. The summed E-state index contributed by atoms with van der Waals surface area (Å²) in [5.74, 6) is -1.78. The molecule has 1 heterocycles. The molecule has 1 aliphatic carbocycles. The highest BCUT2D eigenvalue weighted by molar-refractivity contribution is 5.90. The van der Waals surface area contributed by atoms with Gasteiger partial charge in [-0.1, -0.05) is 18.2 Å². The first-order chi connectivity index (χ1) is 11.6. The van der Waals surface area contributed by atoms with Crippen LogP contribution in [-0.2, 0) is 18.1 Å². The maximum Gasteiger partial charge on any atom is 0.416 e. The van der Waals surface area contributed by atoms with Crippen molar-refractivity contribution in [2.24, 2.45) is 5.73 Å². The number of rotatable bonds is 4. The lowest BCUT2D eigenvalue weighted by atomic mass is 9.94. The van der Waals surface area contributed by atoms with Gasteiger partial charge in [-0.3, -0.25) is 14.3 Å². The normalized spacial score (nSPS) is 15.8. The van der Waals surface area contributed by atoms with Crippen molar-refractivity contribution in [2.75, 3.05) is 0 Å². The van der Waals surface area contributed by atoms with Crippen LogP contribution in [0.15, 0.2) is 35.3 Å². The second kappa shape index (κ2) is 5.61. The molecule has 1 aromatic heterocycles. The summed E-state index contributed by atoms with van der Waals surface area (Å²) in [5.41, 5.74) is 2.62.